The molecule has 16 heavy (non-hydrogen) atoms. The van der Waals surface area contributed by atoms with E-state index < -0.39 is 0 Å². The number of aromatic nitrogens is 4. The fourth-order valence-electron chi connectivity index (χ4n) is 0.946. The second kappa shape index (κ2) is 4.98. The molecule has 0 atom stereocenters. The Kier molecular flexibility index (Phi) is 3.62. The summed E-state index contributed by atoms with van der Waals surface area (Å²) in [7, 11) is 0. The largest absolute Gasteiger partial charge is 0.368 e. The molecule has 2 N–H and O–H groups in total. The Morgan fingerprint density at radius 1 is 1.31 bits per heavy atom. The topological polar surface area (TPSA) is 77.6 Å². The Hall–Kier alpha value is -0.860. The van der Waals surface area contributed by atoms with Gasteiger partial charge in [-0.15, -0.1) is 10.2 Å². The van der Waals surface area contributed by atoms with Gasteiger partial charge in [0.05, 0.1) is 0 Å². The van der Waals surface area contributed by atoms with Crippen molar-refractivity contribution in [2.24, 2.45) is 0 Å². The van der Waals surface area contributed by atoms with Gasteiger partial charge in [-0.05, 0) is 24.9 Å². The summed E-state index contributed by atoms with van der Waals surface area (Å²) < 4.78 is 1.81. The summed E-state index contributed by atoms with van der Waals surface area (Å²) in [6.45, 7) is 1.94. The molecule has 2 rings (SSSR count). The van der Waals surface area contributed by atoms with Crippen molar-refractivity contribution in [2.75, 3.05) is 12.0 Å². The molecular weight excluding hydrogens is 262 g/mol. The van der Waals surface area contributed by atoms with Crippen molar-refractivity contribution >= 4 is 40.8 Å². The van der Waals surface area contributed by atoms with Crippen LogP contribution in [0.2, 0.25) is 0 Å². The van der Waals surface area contributed by atoms with Gasteiger partial charge in [0, 0.05) is 11.8 Å². The van der Waals surface area contributed by atoms with E-state index in [1.165, 1.54) is 11.8 Å². The van der Waals surface area contributed by atoms with E-state index >= 15 is 0 Å². The van der Waals surface area contributed by atoms with E-state index in [2.05, 4.69) is 20.2 Å². The second-order valence-electron chi connectivity index (χ2n) is 2.86. The Labute approximate surface area is 105 Å². The second-order valence-corrected chi connectivity index (χ2v) is 6.12. The van der Waals surface area contributed by atoms with E-state index in [1.807, 2.05) is 13.2 Å². The van der Waals surface area contributed by atoms with Crippen LogP contribution in [0.4, 0.5) is 5.95 Å². The molecule has 0 aliphatic heterocycles. The first-order valence-corrected chi connectivity index (χ1v) is 7.19. The molecule has 0 unspecified atom stereocenters. The van der Waals surface area contributed by atoms with Crippen LogP contribution in [0.3, 0.4) is 0 Å². The van der Waals surface area contributed by atoms with Gasteiger partial charge in [0.1, 0.15) is 5.03 Å². The molecule has 5 nitrogen and oxygen atoms in total. The highest BCUT2D eigenvalue weighted by molar-refractivity contribution is 8.03. The zero-order valence-electron chi connectivity index (χ0n) is 8.67. The summed E-state index contributed by atoms with van der Waals surface area (Å²) in [5.41, 5.74) is 6.53. The van der Waals surface area contributed by atoms with Crippen LogP contribution in [-0.2, 0) is 0 Å². The fraction of sp³-hybridized carbons (Fsp3) is 0.250. The van der Waals surface area contributed by atoms with Crippen molar-refractivity contribution in [2.45, 2.75) is 20.6 Å². The monoisotopic (exact) mass is 271 g/mol. The lowest BCUT2D eigenvalue weighted by atomic mass is 10.4. The molecule has 0 amide bonds. The molecule has 0 saturated carbocycles. The van der Waals surface area contributed by atoms with Crippen LogP contribution in [-0.4, -0.2) is 26.4 Å². The quantitative estimate of drug-likeness (QED) is 0.676. The maximum absolute atomic E-state index is 5.54. The minimum atomic E-state index is 0.280. The number of aryl methyl sites for hydroxylation is 1. The summed E-state index contributed by atoms with van der Waals surface area (Å²) in [6.07, 6.45) is 3.68. The molecule has 2 aromatic rings. The lowest BCUT2D eigenvalue weighted by molar-refractivity contribution is 0.950. The Morgan fingerprint density at radius 3 is 2.75 bits per heavy atom. The molecule has 84 valence electrons. The number of nitrogens with zero attached hydrogens (tertiary/aromatic N) is 4. The molecule has 0 radical (unpaired) electrons. The molecule has 8 heteroatoms. The number of anilines is 1. The minimum Gasteiger partial charge on any atom is -0.368 e. The molecule has 0 fully saturated rings. The van der Waals surface area contributed by atoms with Gasteiger partial charge in [0.15, 0.2) is 8.68 Å². The maximum atomic E-state index is 5.54. The van der Waals surface area contributed by atoms with Gasteiger partial charge in [-0.2, -0.15) is 0 Å². The van der Waals surface area contributed by atoms with Crippen LogP contribution in [0.25, 0.3) is 0 Å². The lowest BCUT2D eigenvalue weighted by Crippen LogP contribution is -1.96. The number of nitrogen functional groups attached to an aromatic ring is 1. The van der Waals surface area contributed by atoms with Crippen LogP contribution in [0, 0.1) is 6.92 Å². The Morgan fingerprint density at radius 2 is 2.06 bits per heavy atom. The van der Waals surface area contributed by atoms with Gasteiger partial charge in [-0.1, -0.05) is 23.1 Å². The van der Waals surface area contributed by atoms with Gasteiger partial charge in [0.25, 0.3) is 0 Å². The lowest BCUT2D eigenvalue weighted by Gasteiger charge is -2.01. The standard InChI is InChI=1S/C8H9N5S3/c1-4-3-10-6(9)11-5(4)15-8-13-12-7(14-2)16-8/h3H,1-2H3,(H2,9,10,11). The summed E-state index contributed by atoms with van der Waals surface area (Å²) in [5, 5.41) is 8.91. The highest BCUT2D eigenvalue weighted by Gasteiger charge is 2.09. The third-order valence-corrected chi connectivity index (χ3v) is 4.75. The number of thioether (sulfide) groups is 1. The Bertz CT molecular complexity index is 498. The first kappa shape index (κ1) is 11.6. The average molecular weight is 271 g/mol. The van der Waals surface area contributed by atoms with Crippen molar-refractivity contribution in [3.63, 3.8) is 0 Å². The van der Waals surface area contributed by atoms with Crippen molar-refractivity contribution in [1.82, 2.24) is 20.2 Å². The van der Waals surface area contributed by atoms with E-state index in [-0.39, 0.29) is 5.95 Å². The number of rotatable bonds is 3. The van der Waals surface area contributed by atoms with Crippen LogP contribution in [0.15, 0.2) is 19.9 Å². The van der Waals surface area contributed by atoms with E-state index in [4.69, 9.17) is 5.73 Å². The predicted molar refractivity (Wildman–Crippen MR) is 67.0 cm³/mol. The maximum Gasteiger partial charge on any atom is 0.221 e. The third-order valence-electron chi connectivity index (χ3n) is 1.69. The van der Waals surface area contributed by atoms with Crippen LogP contribution < -0.4 is 5.73 Å². The SMILES string of the molecule is CSc1nnc(Sc2nc(N)ncc2C)s1. The van der Waals surface area contributed by atoms with Crippen molar-refractivity contribution in [3.8, 4) is 0 Å². The summed E-state index contributed by atoms with van der Waals surface area (Å²) in [6, 6.07) is 0. The fourth-order valence-corrected chi connectivity index (χ4v) is 3.35. The summed E-state index contributed by atoms with van der Waals surface area (Å²) in [4.78, 5) is 8.08. The zero-order chi connectivity index (χ0) is 11.5. The molecule has 2 heterocycles. The Balaban J connectivity index is 2.22. The van der Waals surface area contributed by atoms with Gasteiger partial charge in [0.2, 0.25) is 5.95 Å². The van der Waals surface area contributed by atoms with Crippen LogP contribution in [0.5, 0.6) is 0 Å². The molecule has 0 bridgehead atoms. The normalized spacial score (nSPS) is 10.6. The third kappa shape index (κ3) is 2.63. The average Bonchev–Trinajstić information content (AvgIpc) is 2.71. The molecule has 0 aliphatic carbocycles. The van der Waals surface area contributed by atoms with Gasteiger partial charge >= 0.3 is 0 Å². The zero-order valence-corrected chi connectivity index (χ0v) is 11.1. The van der Waals surface area contributed by atoms with Crippen molar-refractivity contribution in [1.29, 1.82) is 0 Å². The smallest absolute Gasteiger partial charge is 0.221 e. The first-order valence-electron chi connectivity index (χ1n) is 4.33. The van der Waals surface area contributed by atoms with Gasteiger partial charge < -0.3 is 5.73 Å². The number of hydrogen-bond acceptors (Lipinski definition) is 8. The van der Waals surface area contributed by atoms with Gasteiger partial charge in [-0.3, -0.25) is 0 Å². The van der Waals surface area contributed by atoms with Crippen LogP contribution >= 0.6 is 34.9 Å². The van der Waals surface area contributed by atoms with Crippen molar-refractivity contribution in [3.05, 3.63) is 11.8 Å². The summed E-state index contributed by atoms with van der Waals surface area (Å²) in [5.74, 6) is 0.280. The molecule has 2 aromatic heterocycles. The molecule has 0 aliphatic rings. The van der Waals surface area contributed by atoms with Crippen LogP contribution in [0.1, 0.15) is 5.56 Å². The molecule has 0 aromatic carbocycles. The number of nitrogens with two attached hydrogens (primary N) is 1. The molecular formula is C8H9N5S3. The minimum absolute atomic E-state index is 0.280. The number of hydrogen-bond donors (Lipinski definition) is 1. The summed E-state index contributed by atoms with van der Waals surface area (Å²) >= 11 is 4.59. The highest BCUT2D eigenvalue weighted by atomic mass is 32.2. The van der Waals surface area contributed by atoms with E-state index in [9.17, 15) is 0 Å². The van der Waals surface area contributed by atoms with Gasteiger partial charge in [-0.25, -0.2) is 9.97 Å². The highest BCUT2D eigenvalue weighted by Crippen LogP contribution is 2.33. The van der Waals surface area contributed by atoms with E-state index in [1.54, 1.807) is 29.3 Å². The molecule has 0 saturated heterocycles. The van der Waals surface area contributed by atoms with E-state index in [0.29, 0.717) is 0 Å². The first-order chi connectivity index (χ1) is 7.69. The van der Waals surface area contributed by atoms with E-state index in [0.717, 1.165) is 19.3 Å². The molecule has 0 spiro atoms. The predicted octanol–water partition coefficient (Wildman–Crippen LogP) is 2.09. The van der Waals surface area contributed by atoms with Crippen molar-refractivity contribution < 1.29 is 0 Å².